The van der Waals surface area contributed by atoms with Gasteiger partial charge in [0.05, 0.1) is 0 Å². The summed E-state index contributed by atoms with van der Waals surface area (Å²) in [6, 6.07) is 7.58. The molecule has 0 heterocycles. The number of rotatable bonds is 5. The summed E-state index contributed by atoms with van der Waals surface area (Å²) in [7, 11) is 0. The van der Waals surface area contributed by atoms with Crippen molar-refractivity contribution < 1.29 is 9.90 Å². The number of hydrogen-bond donors (Lipinski definition) is 2. The van der Waals surface area contributed by atoms with E-state index in [1.54, 1.807) is 6.92 Å². The van der Waals surface area contributed by atoms with E-state index < -0.39 is 10.7 Å². The number of carboxylic acid groups (broad SMARTS) is 1. The monoisotopic (exact) mass is 239 g/mol. The molecule has 1 aromatic carbocycles. The molecule has 1 rings (SSSR count). The Labute approximate surface area is 100 Å². The van der Waals surface area contributed by atoms with Crippen LogP contribution in [0.5, 0.6) is 0 Å². The van der Waals surface area contributed by atoms with Gasteiger partial charge in [0, 0.05) is 12.3 Å². The predicted molar refractivity (Wildman–Crippen MR) is 67.7 cm³/mol. The smallest absolute Gasteiger partial charge is 0.324 e. The minimum atomic E-state index is -0.912. The summed E-state index contributed by atoms with van der Waals surface area (Å²) in [4.78, 5) is 11.4. The molecule has 4 heteroatoms. The van der Waals surface area contributed by atoms with Crippen LogP contribution in [-0.4, -0.2) is 23.4 Å². The number of carbonyl (C=O) groups is 1. The summed E-state index contributed by atoms with van der Waals surface area (Å²) >= 11 is 1.37. The number of aryl methyl sites for hydroxylation is 1. The molecule has 0 spiro atoms. The lowest BCUT2D eigenvalue weighted by atomic mass is 9.96. The quantitative estimate of drug-likeness (QED) is 0.824. The zero-order chi connectivity index (χ0) is 12.2. The van der Waals surface area contributed by atoms with E-state index in [2.05, 4.69) is 0 Å². The first-order valence-electron chi connectivity index (χ1n) is 5.16. The number of carboxylic acids is 1. The Bertz CT molecular complexity index is 381. The first-order valence-corrected chi connectivity index (χ1v) is 6.14. The van der Waals surface area contributed by atoms with E-state index >= 15 is 0 Å². The molecule has 0 amide bonds. The number of aliphatic carboxylic acids is 1. The van der Waals surface area contributed by atoms with Crippen molar-refractivity contribution in [1.29, 1.82) is 0 Å². The third-order valence-corrected chi connectivity index (χ3v) is 3.99. The molecule has 1 aromatic rings. The zero-order valence-corrected chi connectivity index (χ0v) is 10.4. The second kappa shape index (κ2) is 5.37. The van der Waals surface area contributed by atoms with E-state index in [4.69, 9.17) is 5.73 Å². The Balaban J connectivity index is 3.11. The Kier molecular flexibility index (Phi) is 4.38. The zero-order valence-electron chi connectivity index (χ0n) is 9.56. The highest BCUT2D eigenvalue weighted by atomic mass is 32.2. The van der Waals surface area contributed by atoms with Crippen molar-refractivity contribution in [2.45, 2.75) is 18.6 Å². The van der Waals surface area contributed by atoms with Gasteiger partial charge in [-0.3, -0.25) is 4.79 Å². The first kappa shape index (κ1) is 13.1. The second-order valence-electron chi connectivity index (χ2n) is 3.79. The minimum absolute atomic E-state index is 0.486. The van der Waals surface area contributed by atoms with E-state index in [-0.39, 0.29) is 0 Å². The van der Waals surface area contributed by atoms with Crippen LogP contribution in [0.15, 0.2) is 24.3 Å². The van der Waals surface area contributed by atoms with Crippen LogP contribution in [0.1, 0.15) is 18.1 Å². The Hall–Kier alpha value is -1.00. The number of hydrogen-bond acceptors (Lipinski definition) is 3. The van der Waals surface area contributed by atoms with Crippen LogP contribution in [-0.2, 0) is 9.54 Å². The molecule has 16 heavy (non-hydrogen) atoms. The van der Waals surface area contributed by atoms with Gasteiger partial charge in [0.25, 0.3) is 0 Å². The summed E-state index contributed by atoms with van der Waals surface area (Å²) in [5.41, 5.74) is 7.28. The van der Waals surface area contributed by atoms with E-state index in [9.17, 15) is 9.90 Å². The predicted octanol–water partition coefficient (Wildman–Crippen LogP) is 1.99. The van der Waals surface area contributed by atoms with Crippen LogP contribution in [0.2, 0.25) is 0 Å². The molecule has 0 fully saturated rings. The molecule has 0 radical (unpaired) electrons. The van der Waals surface area contributed by atoms with Crippen LogP contribution in [0, 0.1) is 6.92 Å². The fraction of sp³-hybridized carbons (Fsp3) is 0.417. The highest BCUT2D eigenvalue weighted by Crippen LogP contribution is 2.37. The molecule has 0 saturated carbocycles. The van der Waals surface area contributed by atoms with Gasteiger partial charge in [-0.1, -0.05) is 24.3 Å². The maximum absolute atomic E-state index is 11.4. The SMILES string of the molecule is Cc1ccccc1C(C)(SCCN)C(=O)O. The van der Waals surface area contributed by atoms with Crippen LogP contribution < -0.4 is 5.73 Å². The van der Waals surface area contributed by atoms with Gasteiger partial charge in [0.1, 0.15) is 4.75 Å². The van der Waals surface area contributed by atoms with E-state index in [0.717, 1.165) is 11.1 Å². The van der Waals surface area contributed by atoms with Crippen LogP contribution in [0.3, 0.4) is 0 Å². The van der Waals surface area contributed by atoms with E-state index in [1.807, 2.05) is 31.2 Å². The molecule has 0 aliphatic rings. The third kappa shape index (κ3) is 2.57. The lowest BCUT2D eigenvalue weighted by Gasteiger charge is -2.26. The Morgan fingerprint density at radius 2 is 2.12 bits per heavy atom. The molecule has 1 atom stereocenters. The lowest BCUT2D eigenvalue weighted by molar-refractivity contribution is -0.139. The van der Waals surface area contributed by atoms with Gasteiger partial charge < -0.3 is 10.8 Å². The Morgan fingerprint density at radius 1 is 1.50 bits per heavy atom. The summed E-state index contributed by atoms with van der Waals surface area (Å²) in [6.07, 6.45) is 0. The molecule has 3 nitrogen and oxygen atoms in total. The number of thioether (sulfide) groups is 1. The average molecular weight is 239 g/mol. The van der Waals surface area contributed by atoms with E-state index in [0.29, 0.717) is 12.3 Å². The van der Waals surface area contributed by atoms with Gasteiger partial charge in [-0.25, -0.2) is 0 Å². The van der Waals surface area contributed by atoms with Crippen molar-refractivity contribution in [3.05, 3.63) is 35.4 Å². The topological polar surface area (TPSA) is 63.3 Å². The normalized spacial score (nSPS) is 14.4. The van der Waals surface area contributed by atoms with Crippen LogP contribution >= 0.6 is 11.8 Å². The van der Waals surface area contributed by atoms with Gasteiger partial charge in [0.15, 0.2) is 0 Å². The summed E-state index contributed by atoms with van der Waals surface area (Å²) < 4.78 is -0.912. The Morgan fingerprint density at radius 3 is 2.62 bits per heavy atom. The first-order chi connectivity index (χ1) is 7.52. The van der Waals surface area contributed by atoms with Crippen molar-refractivity contribution in [2.24, 2.45) is 5.73 Å². The van der Waals surface area contributed by atoms with Crippen LogP contribution in [0.4, 0.5) is 0 Å². The van der Waals surface area contributed by atoms with Crippen molar-refractivity contribution in [2.75, 3.05) is 12.3 Å². The fourth-order valence-electron chi connectivity index (χ4n) is 1.63. The summed E-state index contributed by atoms with van der Waals surface area (Å²) in [5, 5.41) is 9.38. The molecular formula is C12H17NO2S. The number of benzene rings is 1. The largest absolute Gasteiger partial charge is 0.480 e. The maximum atomic E-state index is 11.4. The standard InChI is InChI=1S/C12H17NO2S/c1-9-5-3-4-6-10(9)12(2,11(14)15)16-8-7-13/h3-6H,7-8,13H2,1-2H3,(H,14,15). The molecule has 0 aliphatic heterocycles. The second-order valence-corrected chi connectivity index (χ2v) is 5.30. The molecule has 88 valence electrons. The maximum Gasteiger partial charge on any atom is 0.324 e. The van der Waals surface area contributed by atoms with Crippen molar-refractivity contribution in [1.82, 2.24) is 0 Å². The highest BCUT2D eigenvalue weighted by Gasteiger charge is 2.36. The van der Waals surface area contributed by atoms with Gasteiger partial charge >= 0.3 is 5.97 Å². The molecule has 3 N–H and O–H groups in total. The van der Waals surface area contributed by atoms with Crippen LogP contribution in [0.25, 0.3) is 0 Å². The number of nitrogens with two attached hydrogens (primary N) is 1. The van der Waals surface area contributed by atoms with Crippen molar-refractivity contribution in [3.8, 4) is 0 Å². The lowest BCUT2D eigenvalue weighted by Crippen LogP contribution is -2.30. The van der Waals surface area contributed by atoms with Gasteiger partial charge in [0.2, 0.25) is 0 Å². The average Bonchev–Trinajstić information content (AvgIpc) is 2.26. The minimum Gasteiger partial charge on any atom is -0.480 e. The molecule has 0 bridgehead atoms. The molecule has 0 aliphatic carbocycles. The molecule has 0 saturated heterocycles. The third-order valence-electron chi connectivity index (χ3n) is 2.58. The molecule has 0 aromatic heterocycles. The van der Waals surface area contributed by atoms with Crippen molar-refractivity contribution in [3.63, 3.8) is 0 Å². The van der Waals surface area contributed by atoms with E-state index in [1.165, 1.54) is 11.8 Å². The highest BCUT2D eigenvalue weighted by molar-refractivity contribution is 8.00. The molecular weight excluding hydrogens is 222 g/mol. The van der Waals surface area contributed by atoms with Gasteiger partial charge in [-0.15, -0.1) is 11.8 Å². The molecule has 1 unspecified atom stereocenters. The summed E-state index contributed by atoms with van der Waals surface area (Å²) in [5.74, 6) is -0.183. The summed E-state index contributed by atoms with van der Waals surface area (Å²) in [6.45, 7) is 4.15. The van der Waals surface area contributed by atoms with Gasteiger partial charge in [-0.05, 0) is 25.0 Å². The van der Waals surface area contributed by atoms with Crippen molar-refractivity contribution >= 4 is 17.7 Å². The fourth-order valence-corrected chi connectivity index (χ4v) is 2.66. The van der Waals surface area contributed by atoms with Gasteiger partial charge in [-0.2, -0.15) is 0 Å².